The largest absolute Gasteiger partial charge is 0.288 e. The molecular weight excluding hydrogens is 282 g/mol. The summed E-state index contributed by atoms with van der Waals surface area (Å²) in [4.78, 5) is 2.22. The van der Waals surface area contributed by atoms with Gasteiger partial charge in [0, 0.05) is 19.5 Å². The molecule has 0 bridgehead atoms. The molecule has 3 heteroatoms. The topological polar surface area (TPSA) is 50.6 Å². The molecule has 0 N–H and O–H groups in total. The van der Waals surface area contributed by atoms with Crippen molar-refractivity contribution in [2.75, 3.05) is 6.54 Å². The van der Waals surface area contributed by atoms with Crippen LogP contribution in [0.3, 0.4) is 0 Å². The van der Waals surface area contributed by atoms with Crippen molar-refractivity contribution < 1.29 is 0 Å². The number of benzene rings is 2. The Labute approximate surface area is 137 Å². The van der Waals surface area contributed by atoms with Gasteiger partial charge in [0.05, 0.1) is 17.7 Å². The van der Waals surface area contributed by atoms with Crippen molar-refractivity contribution in [3.05, 3.63) is 71.8 Å². The zero-order chi connectivity index (χ0) is 16.3. The van der Waals surface area contributed by atoms with Crippen molar-refractivity contribution in [1.29, 1.82) is 10.5 Å². The molecule has 1 aliphatic rings. The van der Waals surface area contributed by atoms with E-state index >= 15 is 0 Å². The van der Waals surface area contributed by atoms with Crippen LogP contribution in [0.15, 0.2) is 60.7 Å². The lowest BCUT2D eigenvalue weighted by atomic mass is 9.73. The molecule has 0 aliphatic carbocycles. The van der Waals surface area contributed by atoms with Crippen LogP contribution < -0.4 is 0 Å². The van der Waals surface area contributed by atoms with Gasteiger partial charge in [0.25, 0.3) is 0 Å². The van der Waals surface area contributed by atoms with Crippen molar-refractivity contribution >= 4 is 0 Å². The first-order chi connectivity index (χ1) is 11.1. The highest BCUT2D eigenvalue weighted by atomic mass is 15.4. The highest BCUT2D eigenvalue weighted by molar-refractivity contribution is 5.36. The minimum absolute atomic E-state index is 0.401. The predicted molar refractivity (Wildman–Crippen MR) is 89.1 cm³/mol. The van der Waals surface area contributed by atoms with Gasteiger partial charge in [0.1, 0.15) is 0 Å². The van der Waals surface area contributed by atoms with E-state index < -0.39 is 11.0 Å². The summed E-state index contributed by atoms with van der Waals surface area (Å²) in [5.41, 5.74) is 0.815. The van der Waals surface area contributed by atoms with Crippen LogP contribution in [-0.4, -0.2) is 17.0 Å². The molecule has 3 nitrogen and oxygen atoms in total. The Hall–Kier alpha value is -2.62. The van der Waals surface area contributed by atoms with Gasteiger partial charge in [-0.1, -0.05) is 60.7 Å². The fourth-order valence-corrected chi connectivity index (χ4v) is 3.21. The molecule has 0 aromatic heterocycles. The van der Waals surface area contributed by atoms with Crippen LogP contribution in [0, 0.1) is 28.1 Å². The van der Waals surface area contributed by atoms with Gasteiger partial charge in [-0.2, -0.15) is 10.5 Å². The van der Waals surface area contributed by atoms with Gasteiger partial charge in [0.2, 0.25) is 0 Å². The van der Waals surface area contributed by atoms with E-state index in [1.807, 2.05) is 55.5 Å². The van der Waals surface area contributed by atoms with Crippen LogP contribution in [0.25, 0.3) is 0 Å². The van der Waals surface area contributed by atoms with Crippen LogP contribution in [-0.2, 0) is 13.0 Å². The second kappa shape index (κ2) is 5.88. The van der Waals surface area contributed by atoms with Crippen molar-refractivity contribution in [2.24, 2.45) is 5.41 Å². The van der Waals surface area contributed by atoms with Crippen molar-refractivity contribution in [3.8, 4) is 12.1 Å². The van der Waals surface area contributed by atoms with E-state index in [1.165, 1.54) is 5.56 Å². The second-order valence-corrected chi connectivity index (χ2v) is 6.41. The Bertz CT molecular complexity index is 741. The molecule has 0 saturated carbocycles. The van der Waals surface area contributed by atoms with E-state index in [2.05, 4.69) is 29.2 Å². The summed E-state index contributed by atoms with van der Waals surface area (Å²) < 4.78 is 0. The number of nitriles is 2. The molecule has 0 radical (unpaired) electrons. The maximum absolute atomic E-state index is 9.80. The highest BCUT2D eigenvalue weighted by Gasteiger charge is 2.63. The first-order valence-electron chi connectivity index (χ1n) is 7.79. The van der Waals surface area contributed by atoms with Crippen LogP contribution in [0.5, 0.6) is 0 Å². The van der Waals surface area contributed by atoms with Crippen LogP contribution in [0.2, 0.25) is 0 Å². The number of hydrogen-bond donors (Lipinski definition) is 0. The Balaban J connectivity index is 1.82. The van der Waals surface area contributed by atoms with Gasteiger partial charge in [-0.25, -0.2) is 0 Å². The van der Waals surface area contributed by atoms with Crippen molar-refractivity contribution in [3.63, 3.8) is 0 Å². The van der Waals surface area contributed by atoms with Crippen molar-refractivity contribution in [1.82, 2.24) is 4.90 Å². The molecule has 2 aromatic carbocycles. The van der Waals surface area contributed by atoms with E-state index in [0.717, 1.165) is 18.7 Å². The Morgan fingerprint density at radius 3 is 2.00 bits per heavy atom. The van der Waals surface area contributed by atoms with E-state index in [9.17, 15) is 10.5 Å². The molecule has 1 heterocycles. The molecule has 2 unspecified atom stereocenters. The molecule has 2 atom stereocenters. The summed E-state index contributed by atoms with van der Waals surface area (Å²) in [5, 5.41) is 19.6. The summed E-state index contributed by atoms with van der Waals surface area (Å²) in [5.74, 6) is 0. The standard InChI is InChI=1S/C20H19N3/c1-19(16-23(19)13-18-10-6-3-7-11-18)20(14-21,15-22)12-17-8-4-2-5-9-17/h2-11H,12-13,16H2,1H3. The second-order valence-electron chi connectivity index (χ2n) is 6.41. The molecule has 0 amide bonds. The lowest BCUT2D eigenvalue weighted by Crippen LogP contribution is -2.39. The summed E-state index contributed by atoms with van der Waals surface area (Å²) >= 11 is 0. The predicted octanol–water partition coefficient (Wildman–Crippen LogP) is 3.54. The fourth-order valence-electron chi connectivity index (χ4n) is 3.21. The van der Waals surface area contributed by atoms with Crippen LogP contribution in [0.1, 0.15) is 18.1 Å². The number of hydrogen-bond acceptors (Lipinski definition) is 3. The zero-order valence-electron chi connectivity index (χ0n) is 13.2. The van der Waals surface area contributed by atoms with Gasteiger partial charge >= 0.3 is 0 Å². The van der Waals surface area contributed by atoms with E-state index in [1.54, 1.807) is 0 Å². The summed E-state index contributed by atoms with van der Waals surface area (Å²) in [6, 6.07) is 24.7. The third kappa shape index (κ3) is 2.72. The maximum Gasteiger partial charge on any atom is 0.166 e. The fraction of sp³-hybridized carbons (Fsp3) is 0.300. The first kappa shape index (κ1) is 15.3. The molecular formula is C20H19N3. The average Bonchev–Trinajstić information content (AvgIpc) is 3.26. The lowest BCUT2D eigenvalue weighted by Gasteiger charge is -2.27. The first-order valence-corrected chi connectivity index (χ1v) is 7.79. The SMILES string of the molecule is CC1(C(C#N)(C#N)Cc2ccccc2)CN1Cc1ccccc1. The van der Waals surface area contributed by atoms with Crippen LogP contribution >= 0.6 is 0 Å². The third-order valence-electron chi connectivity index (χ3n) is 4.92. The summed E-state index contributed by atoms with van der Waals surface area (Å²) in [6.07, 6.45) is 0.461. The van der Waals surface area contributed by atoms with E-state index in [0.29, 0.717) is 6.42 Å². The monoisotopic (exact) mass is 301 g/mol. The Kier molecular flexibility index (Phi) is 3.90. The zero-order valence-corrected chi connectivity index (χ0v) is 13.2. The minimum Gasteiger partial charge on any atom is -0.288 e. The molecule has 1 aliphatic heterocycles. The number of rotatable bonds is 5. The van der Waals surface area contributed by atoms with Crippen molar-refractivity contribution in [2.45, 2.75) is 25.4 Å². The van der Waals surface area contributed by atoms with E-state index in [-0.39, 0.29) is 0 Å². The maximum atomic E-state index is 9.80. The smallest absolute Gasteiger partial charge is 0.166 e. The third-order valence-corrected chi connectivity index (χ3v) is 4.92. The Morgan fingerprint density at radius 2 is 1.48 bits per heavy atom. The quantitative estimate of drug-likeness (QED) is 0.794. The van der Waals surface area contributed by atoms with Gasteiger partial charge < -0.3 is 0 Å². The lowest BCUT2D eigenvalue weighted by molar-refractivity contribution is 0.290. The normalized spacial score (nSPS) is 22.8. The average molecular weight is 301 g/mol. The molecule has 1 saturated heterocycles. The van der Waals surface area contributed by atoms with E-state index in [4.69, 9.17) is 0 Å². The summed E-state index contributed by atoms with van der Waals surface area (Å²) in [6.45, 7) is 3.58. The highest BCUT2D eigenvalue weighted by Crippen LogP contribution is 2.49. The van der Waals surface area contributed by atoms with Gasteiger partial charge in [-0.15, -0.1) is 0 Å². The minimum atomic E-state index is -1.02. The molecule has 23 heavy (non-hydrogen) atoms. The molecule has 2 aromatic rings. The molecule has 3 rings (SSSR count). The number of nitrogens with zero attached hydrogens (tertiary/aromatic N) is 3. The Morgan fingerprint density at radius 1 is 0.957 bits per heavy atom. The molecule has 1 fully saturated rings. The molecule has 0 spiro atoms. The van der Waals surface area contributed by atoms with Crippen LogP contribution in [0.4, 0.5) is 0 Å². The molecule has 114 valence electrons. The van der Waals surface area contributed by atoms with Gasteiger partial charge in [0.15, 0.2) is 5.41 Å². The van der Waals surface area contributed by atoms with Gasteiger partial charge in [-0.3, -0.25) is 4.90 Å². The van der Waals surface area contributed by atoms with Gasteiger partial charge in [-0.05, 0) is 18.1 Å². The summed E-state index contributed by atoms with van der Waals surface area (Å²) in [7, 11) is 0.